The van der Waals surface area contributed by atoms with Crippen LogP contribution in [0.3, 0.4) is 0 Å². The van der Waals surface area contributed by atoms with Crippen molar-refractivity contribution in [3.8, 4) is 0 Å². The predicted octanol–water partition coefficient (Wildman–Crippen LogP) is 2.47. The van der Waals surface area contributed by atoms with E-state index >= 15 is 0 Å². The van der Waals surface area contributed by atoms with Crippen molar-refractivity contribution in [2.24, 2.45) is 0 Å². The van der Waals surface area contributed by atoms with Crippen molar-refractivity contribution in [1.82, 2.24) is 24.3 Å². The lowest BCUT2D eigenvalue weighted by atomic mass is 9.96. The first kappa shape index (κ1) is 25.0. The van der Waals surface area contributed by atoms with Gasteiger partial charge in [-0.05, 0) is 44.4 Å². The standard InChI is InChI=1S/C27H34N6O4/c1-18-6-7-21-22(33(18)27(36)37)8-9-23-26(21)29-24(11-14-31-12-4-3-5-25(31)35)32(23)16-15-30-13-10-20(17-30)28-19(2)34/h3-5,8-9,12,18,20H,6-7,10-11,13-17H2,1-2H3,(H,28,34)(H,36,37)/t18-,20-/m0/s1. The summed E-state index contributed by atoms with van der Waals surface area (Å²) < 4.78 is 3.91. The van der Waals surface area contributed by atoms with Gasteiger partial charge in [0.15, 0.2) is 0 Å². The Kier molecular flexibility index (Phi) is 7.01. The highest BCUT2D eigenvalue weighted by atomic mass is 16.4. The number of amides is 2. The summed E-state index contributed by atoms with van der Waals surface area (Å²) in [5.74, 6) is 0.887. The van der Waals surface area contributed by atoms with E-state index in [9.17, 15) is 19.5 Å². The maximum absolute atomic E-state index is 12.3. The molecule has 2 aromatic heterocycles. The summed E-state index contributed by atoms with van der Waals surface area (Å²) in [5.41, 5.74) is 3.48. The first-order chi connectivity index (χ1) is 17.8. The highest BCUT2D eigenvalue weighted by Gasteiger charge is 2.31. The number of hydrogen-bond acceptors (Lipinski definition) is 5. The Bertz CT molecular complexity index is 1380. The lowest BCUT2D eigenvalue weighted by Gasteiger charge is -2.33. The van der Waals surface area contributed by atoms with Gasteiger partial charge in [0.2, 0.25) is 5.91 Å². The SMILES string of the molecule is CC(=O)N[C@H]1CCN(CCn2c(CCn3ccccc3=O)nc3c4c(ccc32)N(C(=O)O)[C@@H](C)CC4)C1. The van der Waals surface area contributed by atoms with Gasteiger partial charge in [0, 0.05) is 76.0 Å². The fourth-order valence-corrected chi connectivity index (χ4v) is 5.76. The number of benzene rings is 1. The number of likely N-dealkylation sites (tertiary alicyclic amines) is 1. The van der Waals surface area contributed by atoms with E-state index in [2.05, 4.69) is 14.8 Å². The Morgan fingerprint density at radius 1 is 1.14 bits per heavy atom. The zero-order valence-corrected chi connectivity index (χ0v) is 21.4. The number of imidazole rings is 1. The van der Waals surface area contributed by atoms with E-state index < -0.39 is 6.09 Å². The van der Waals surface area contributed by atoms with Crippen LogP contribution in [0.5, 0.6) is 0 Å². The second-order valence-corrected chi connectivity index (χ2v) is 10.1. The molecule has 4 heterocycles. The summed E-state index contributed by atoms with van der Waals surface area (Å²) in [4.78, 5) is 44.6. The van der Waals surface area contributed by atoms with Gasteiger partial charge in [-0.3, -0.25) is 19.4 Å². The summed E-state index contributed by atoms with van der Waals surface area (Å²) in [6.07, 6.45) is 3.88. The minimum absolute atomic E-state index is 0.000362. The molecule has 2 atom stereocenters. The molecule has 0 aliphatic carbocycles. The summed E-state index contributed by atoms with van der Waals surface area (Å²) in [6, 6.07) is 9.13. The van der Waals surface area contributed by atoms with Gasteiger partial charge in [-0.15, -0.1) is 0 Å². The molecule has 0 unspecified atom stereocenters. The van der Waals surface area contributed by atoms with Gasteiger partial charge in [-0.25, -0.2) is 9.78 Å². The third kappa shape index (κ3) is 5.11. The zero-order valence-electron chi connectivity index (χ0n) is 21.4. The van der Waals surface area contributed by atoms with Crippen molar-refractivity contribution < 1.29 is 14.7 Å². The van der Waals surface area contributed by atoms with Crippen LogP contribution >= 0.6 is 0 Å². The monoisotopic (exact) mass is 506 g/mol. The van der Waals surface area contributed by atoms with E-state index in [4.69, 9.17) is 4.98 Å². The van der Waals surface area contributed by atoms with Crippen molar-refractivity contribution in [2.45, 2.75) is 64.7 Å². The lowest BCUT2D eigenvalue weighted by molar-refractivity contribution is -0.119. The van der Waals surface area contributed by atoms with E-state index in [-0.39, 0.29) is 23.6 Å². The van der Waals surface area contributed by atoms with E-state index in [1.165, 1.54) is 4.90 Å². The number of nitrogens with one attached hydrogen (secondary N) is 1. The number of anilines is 1. The molecule has 2 amide bonds. The molecule has 0 saturated carbocycles. The van der Waals surface area contributed by atoms with Gasteiger partial charge >= 0.3 is 6.09 Å². The molecule has 5 rings (SSSR count). The van der Waals surface area contributed by atoms with Crippen LogP contribution < -0.4 is 15.8 Å². The molecule has 196 valence electrons. The molecule has 1 saturated heterocycles. The van der Waals surface area contributed by atoms with E-state index in [1.54, 1.807) is 29.8 Å². The highest BCUT2D eigenvalue weighted by molar-refractivity contribution is 5.94. The number of nitrogens with zero attached hydrogens (tertiary/aromatic N) is 5. The van der Waals surface area contributed by atoms with Gasteiger partial charge in [-0.1, -0.05) is 6.07 Å². The number of aryl methyl sites for hydroxylation is 3. The third-order valence-electron chi connectivity index (χ3n) is 7.59. The molecular formula is C27H34N6O4. The van der Waals surface area contributed by atoms with E-state index in [1.807, 2.05) is 25.1 Å². The summed E-state index contributed by atoms with van der Waals surface area (Å²) >= 11 is 0. The maximum Gasteiger partial charge on any atom is 0.412 e. The van der Waals surface area contributed by atoms with E-state index in [0.29, 0.717) is 18.7 Å². The van der Waals surface area contributed by atoms with Gasteiger partial charge in [0.1, 0.15) is 5.82 Å². The molecule has 3 aromatic rings. The van der Waals surface area contributed by atoms with Crippen LogP contribution in [0.15, 0.2) is 41.3 Å². The van der Waals surface area contributed by atoms with Gasteiger partial charge in [-0.2, -0.15) is 0 Å². The molecule has 37 heavy (non-hydrogen) atoms. The molecule has 0 bridgehead atoms. The average molecular weight is 507 g/mol. The van der Waals surface area contributed by atoms with Crippen LogP contribution in [-0.2, 0) is 30.7 Å². The molecule has 1 aromatic carbocycles. The number of carbonyl (C=O) groups excluding carboxylic acids is 1. The first-order valence-electron chi connectivity index (χ1n) is 13.0. The maximum atomic E-state index is 12.3. The van der Waals surface area contributed by atoms with E-state index in [0.717, 1.165) is 67.9 Å². The normalized spacial score (nSPS) is 19.8. The highest BCUT2D eigenvalue weighted by Crippen LogP contribution is 2.36. The van der Waals surface area contributed by atoms with Crippen LogP contribution in [0.2, 0.25) is 0 Å². The third-order valence-corrected chi connectivity index (χ3v) is 7.59. The second-order valence-electron chi connectivity index (χ2n) is 10.1. The number of aromatic nitrogens is 3. The Morgan fingerprint density at radius 3 is 2.73 bits per heavy atom. The Hall–Kier alpha value is -3.66. The zero-order chi connectivity index (χ0) is 26.1. The minimum Gasteiger partial charge on any atom is -0.465 e. The average Bonchev–Trinajstić information content (AvgIpc) is 3.45. The number of hydrogen-bond donors (Lipinski definition) is 2. The predicted molar refractivity (Wildman–Crippen MR) is 141 cm³/mol. The van der Waals surface area contributed by atoms with Crippen LogP contribution in [-0.4, -0.2) is 67.8 Å². The molecular weight excluding hydrogens is 472 g/mol. The van der Waals surface area contributed by atoms with Gasteiger partial charge < -0.3 is 19.6 Å². The first-order valence-corrected chi connectivity index (χ1v) is 13.0. The smallest absolute Gasteiger partial charge is 0.412 e. The quantitative estimate of drug-likeness (QED) is 0.509. The Labute approximate surface area is 215 Å². The van der Waals surface area contributed by atoms with Crippen LogP contribution in [0.25, 0.3) is 11.0 Å². The summed E-state index contributed by atoms with van der Waals surface area (Å²) in [7, 11) is 0. The Balaban J connectivity index is 1.46. The summed E-state index contributed by atoms with van der Waals surface area (Å²) in [6.45, 7) is 7.28. The van der Waals surface area contributed by atoms with Crippen molar-refractivity contribution in [3.05, 3.63) is 58.3 Å². The van der Waals surface area contributed by atoms with Crippen molar-refractivity contribution in [1.29, 1.82) is 0 Å². The van der Waals surface area contributed by atoms with Crippen molar-refractivity contribution >= 4 is 28.7 Å². The number of fused-ring (bicyclic) bond motifs is 3. The molecule has 0 radical (unpaired) electrons. The number of carboxylic acid groups (broad SMARTS) is 1. The number of pyridine rings is 1. The minimum atomic E-state index is -0.946. The number of rotatable bonds is 7. The summed E-state index contributed by atoms with van der Waals surface area (Å²) in [5, 5.41) is 12.9. The fourth-order valence-electron chi connectivity index (χ4n) is 5.76. The molecule has 0 spiro atoms. The second kappa shape index (κ2) is 10.4. The number of carbonyl (C=O) groups is 2. The van der Waals surface area contributed by atoms with Gasteiger partial charge in [0.05, 0.1) is 16.7 Å². The molecule has 2 aliphatic rings. The topological polar surface area (TPSA) is 113 Å². The Morgan fingerprint density at radius 2 is 1.97 bits per heavy atom. The lowest BCUT2D eigenvalue weighted by Crippen LogP contribution is -2.41. The van der Waals surface area contributed by atoms with Crippen LogP contribution in [0.4, 0.5) is 10.5 Å². The van der Waals surface area contributed by atoms with Crippen LogP contribution in [0.1, 0.15) is 38.1 Å². The molecule has 2 aliphatic heterocycles. The van der Waals surface area contributed by atoms with Crippen molar-refractivity contribution in [3.63, 3.8) is 0 Å². The van der Waals surface area contributed by atoms with Crippen molar-refractivity contribution in [2.75, 3.05) is 24.5 Å². The molecule has 10 heteroatoms. The molecule has 1 fully saturated rings. The molecule has 10 nitrogen and oxygen atoms in total. The van der Waals surface area contributed by atoms with Gasteiger partial charge in [0.25, 0.3) is 5.56 Å². The van der Waals surface area contributed by atoms with Crippen LogP contribution in [0, 0.1) is 0 Å². The molecule has 2 N–H and O–H groups in total. The largest absolute Gasteiger partial charge is 0.465 e. The fraction of sp³-hybridized carbons (Fsp3) is 0.481.